The van der Waals surface area contributed by atoms with Gasteiger partial charge >= 0.3 is 0 Å². The lowest BCUT2D eigenvalue weighted by molar-refractivity contribution is -0.128. The Balaban J connectivity index is 1.57. The molecule has 8 nitrogen and oxygen atoms in total. The van der Waals surface area contributed by atoms with Crippen LogP contribution in [0, 0.1) is 29.6 Å². The number of carbonyl (C=O) groups is 1. The number of benzene rings is 1. The normalized spacial score (nSPS) is 23.6. The van der Waals surface area contributed by atoms with Gasteiger partial charge in [0.25, 0.3) is 0 Å². The molecule has 0 bridgehead atoms. The van der Waals surface area contributed by atoms with Gasteiger partial charge in [0.05, 0.1) is 32.0 Å². The minimum absolute atomic E-state index is 0.00548. The minimum atomic E-state index is -0.750. The Morgan fingerprint density at radius 3 is 2.50 bits per heavy atom. The van der Waals surface area contributed by atoms with Gasteiger partial charge in [-0.1, -0.05) is 33.8 Å². The number of hydrogen-bond acceptors (Lipinski definition) is 7. The SMILES string of the molecule is COCCCOc1cc(CC(CC(N)C(O)CC(C(=O)NC2C3CCOC32)C(C)C)C(C)C)ccc1OC. The van der Waals surface area contributed by atoms with Crippen molar-refractivity contribution in [1.82, 2.24) is 5.32 Å². The summed E-state index contributed by atoms with van der Waals surface area (Å²) >= 11 is 0. The first-order valence-corrected chi connectivity index (χ1v) is 14.3. The van der Waals surface area contributed by atoms with Gasteiger partial charge < -0.3 is 35.1 Å². The summed E-state index contributed by atoms with van der Waals surface area (Å²) in [5, 5.41) is 14.2. The van der Waals surface area contributed by atoms with Crippen LogP contribution in [0.3, 0.4) is 0 Å². The predicted molar refractivity (Wildman–Crippen MR) is 148 cm³/mol. The molecule has 38 heavy (non-hydrogen) atoms. The molecule has 0 spiro atoms. The number of ether oxygens (including phenoxy) is 4. The Morgan fingerprint density at radius 1 is 1.13 bits per heavy atom. The predicted octanol–water partition coefficient (Wildman–Crippen LogP) is 3.57. The maximum absolute atomic E-state index is 13.0. The smallest absolute Gasteiger partial charge is 0.223 e. The highest BCUT2D eigenvalue weighted by Gasteiger charge is 2.55. The number of amides is 1. The quantitative estimate of drug-likeness (QED) is 0.262. The Labute approximate surface area is 228 Å². The van der Waals surface area contributed by atoms with Crippen LogP contribution in [0.2, 0.25) is 0 Å². The second kappa shape index (κ2) is 14.5. The molecule has 1 saturated carbocycles. The highest BCUT2D eigenvalue weighted by molar-refractivity contribution is 5.79. The minimum Gasteiger partial charge on any atom is -0.493 e. The van der Waals surface area contributed by atoms with Gasteiger partial charge in [0.15, 0.2) is 11.5 Å². The van der Waals surface area contributed by atoms with Crippen molar-refractivity contribution in [3.8, 4) is 11.5 Å². The summed E-state index contributed by atoms with van der Waals surface area (Å²) in [4.78, 5) is 13.0. The van der Waals surface area contributed by atoms with Gasteiger partial charge in [-0.2, -0.15) is 0 Å². The van der Waals surface area contributed by atoms with Gasteiger partial charge in [-0.05, 0) is 61.1 Å². The number of rotatable bonds is 17. The molecule has 1 aliphatic heterocycles. The molecule has 1 aliphatic carbocycles. The van der Waals surface area contributed by atoms with Crippen molar-refractivity contribution in [2.45, 2.75) is 84.1 Å². The molecular formula is C30H50N2O6. The Bertz CT molecular complexity index is 868. The molecule has 4 N–H and O–H groups in total. The molecule has 1 aromatic carbocycles. The molecule has 8 heteroatoms. The first-order valence-electron chi connectivity index (χ1n) is 14.3. The number of fused-ring (bicyclic) bond motifs is 1. The number of methoxy groups -OCH3 is 2. The Hall–Kier alpha value is -1.87. The van der Waals surface area contributed by atoms with E-state index in [1.807, 2.05) is 26.0 Å². The fraction of sp³-hybridized carbons (Fsp3) is 0.767. The standard InChI is InChI=1S/C30H50N2O6/c1-18(2)21(14-20-8-9-26(36-6)27(15-20)37-12-7-11-35-5)16-24(31)25(33)17-23(19(3)4)30(34)32-28-22-10-13-38-29(22)28/h8-9,15,18-19,21-25,28-29,33H,7,10-14,16-17,31H2,1-6H3,(H,32,34). The fourth-order valence-electron chi connectivity index (χ4n) is 5.58. The molecule has 2 fully saturated rings. The van der Waals surface area contributed by atoms with Gasteiger partial charge in [-0.15, -0.1) is 0 Å². The highest BCUT2D eigenvalue weighted by Crippen LogP contribution is 2.43. The van der Waals surface area contributed by atoms with E-state index in [0.717, 1.165) is 37.2 Å². The van der Waals surface area contributed by atoms with Crippen LogP contribution in [0.5, 0.6) is 11.5 Å². The zero-order chi connectivity index (χ0) is 27.8. The van der Waals surface area contributed by atoms with Crippen LogP contribution in [0.4, 0.5) is 0 Å². The molecular weight excluding hydrogens is 484 g/mol. The second-order valence-corrected chi connectivity index (χ2v) is 11.8. The van der Waals surface area contributed by atoms with Crippen LogP contribution >= 0.6 is 0 Å². The van der Waals surface area contributed by atoms with Crippen molar-refractivity contribution in [2.24, 2.45) is 35.3 Å². The zero-order valence-corrected chi connectivity index (χ0v) is 24.2. The van der Waals surface area contributed by atoms with Crippen molar-refractivity contribution in [2.75, 3.05) is 34.0 Å². The first kappa shape index (κ1) is 30.7. The number of carbonyl (C=O) groups excluding carboxylic acids is 1. The van der Waals surface area contributed by atoms with Crippen molar-refractivity contribution in [3.05, 3.63) is 23.8 Å². The molecule has 7 unspecified atom stereocenters. The summed E-state index contributed by atoms with van der Waals surface area (Å²) in [6, 6.07) is 5.76. The third-order valence-electron chi connectivity index (χ3n) is 8.29. The molecule has 216 valence electrons. The molecule has 2 aliphatic rings. The molecule has 7 atom stereocenters. The number of nitrogens with one attached hydrogen (secondary N) is 1. The van der Waals surface area contributed by atoms with Crippen LogP contribution in [-0.2, 0) is 20.7 Å². The van der Waals surface area contributed by atoms with E-state index in [0.29, 0.717) is 43.6 Å². The fourth-order valence-corrected chi connectivity index (χ4v) is 5.58. The summed E-state index contributed by atoms with van der Waals surface area (Å²) < 4.78 is 22.2. The molecule has 1 heterocycles. The lowest BCUT2D eigenvalue weighted by atomic mass is 9.81. The number of aliphatic hydroxyl groups is 1. The van der Waals surface area contributed by atoms with E-state index < -0.39 is 12.1 Å². The average Bonchev–Trinajstić information content (AvgIpc) is 3.28. The highest BCUT2D eigenvalue weighted by atomic mass is 16.5. The van der Waals surface area contributed by atoms with E-state index in [1.54, 1.807) is 14.2 Å². The van der Waals surface area contributed by atoms with E-state index in [2.05, 4.69) is 25.2 Å². The van der Waals surface area contributed by atoms with Gasteiger partial charge in [0.1, 0.15) is 0 Å². The summed E-state index contributed by atoms with van der Waals surface area (Å²) in [6.45, 7) is 10.4. The van der Waals surface area contributed by atoms with Crippen LogP contribution in [0.1, 0.15) is 58.9 Å². The summed E-state index contributed by atoms with van der Waals surface area (Å²) in [6.07, 6.45) is 3.09. The molecule has 0 radical (unpaired) electrons. The lowest BCUT2D eigenvalue weighted by Crippen LogP contribution is -2.43. The molecule has 3 rings (SSSR count). The summed E-state index contributed by atoms with van der Waals surface area (Å²) in [7, 11) is 3.32. The zero-order valence-electron chi connectivity index (χ0n) is 24.2. The molecule has 1 amide bonds. The molecule has 1 aromatic rings. The van der Waals surface area contributed by atoms with E-state index in [9.17, 15) is 9.90 Å². The van der Waals surface area contributed by atoms with Crippen LogP contribution in [-0.4, -0.2) is 69.3 Å². The Kier molecular flexibility index (Phi) is 11.7. The van der Waals surface area contributed by atoms with Gasteiger partial charge in [0, 0.05) is 44.6 Å². The maximum atomic E-state index is 13.0. The first-order chi connectivity index (χ1) is 18.2. The van der Waals surface area contributed by atoms with Crippen molar-refractivity contribution < 1.29 is 28.8 Å². The molecule has 1 saturated heterocycles. The molecule has 0 aromatic heterocycles. The Morgan fingerprint density at radius 2 is 1.89 bits per heavy atom. The third-order valence-corrected chi connectivity index (χ3v) is 8.29. The summed E-state index contributed by atoms with van der Waals surface area (Å²) in [5.41, 5.74) is 7.70. The monoisotopic (exact) mass is 534 g/mol. The van der Waals surface area contributed by atoms with Crippen LogP contribution in [0.25, 0.3) is 0 Å². The van der Waals surface area contributed by atoms with E-state index in [-0.39, 0.29) is 35.8 Å². The van der Waals surface area contributed by atoms with Crippen LogP contribution < -0.4 is 20.5 Å². The van der Waals surface area contributed by atoms with E-state index in [4.69, 9.17) is 24.7 Å². The lowest BCUT2D eigenvalue weighted by Gasteiger charge is -2.30. The van der Waals surface area contributed by atoms with Crippen molar-refractivity contribution in [1.29, 1.82) is 0 Å². The third kappa shape index (κ3) is 8.31. The van der Waals surface area contributed by atoms with Crippen molar-refractivity contribution >= 4 is 5.91 Å². The topological polar surface area (TPSA) is 112 Å². The number of nitrogens with two attached hydrogens (primary N) is 1. The second-order valence-electron chi connectivity index (χ2n) is 11.8. The average molecular weight is 535 g/mol. The number of hydrogen-bond donors (Lipinski definition) is 3. The van der Waals surface area contributed by atoms with Gasteiger partial charge in [-0.3, -0.25) is 4.79 Å². The van der Waals surface area contributed by atoms with Gasteiger partial charge in [-0.25, -0.2) is 0 Å². The largest absolute Gasteiger partial charge is 0.493 e. The van der Waals surface area contributed by atoms with Gasteiger partial charge in [0.2, 0.25) is 5.91 Å². The maximum Gasteiger partial charge on any atom is 0.223 e. The van der Waals surface area contributed by atoms with Crippen LogP contribution in [0.15, 0.2) is 18.2 Å². The van der Waals surface area contributed by atoms with Crippen molar-refractivity contribution in [3.63, 3.8) is 0 Å². The van der Waals surface area contributed by atoms with E-state index in [1.165, 1.54) is 0 Å². The summed E-state index contributed by atoms with van der Waals surface area (Å²) in [5.74, 6) is 2.37. The number of aliphatic hydroxyl groups excluding tert-OH is 1. The van der Waals surface area contributed by atoms with E-state index >= 15 is 0 Å².